The van der Waals surface area contributed by atoms with Gasteiger partial charge in [-0.25, -0.2) is 13.1 Å². The van der Waals surface area contributed by atoms with Crippen molar-refractivity contribution in [1.82, 2.24) is 14.8 Å². The molecule has 0 radical (unpaired) electrons. The summed E-state index contributed by atoms with van der Waals surface area (Å²) in [5, 5.41) is 3.92. The van der Waals surface area contributed by atoms with Crippen molar-refractivity contribution in [3.63, 3.8) is 0 Å². The highest BCUT2D eigenvalue weighted by Gasteiger charge is 2.27. The summed E-state index contributed by atoms with van der Waals surface area (Å²) in [4.78, 5) is 14.9. The van der Waals surface area contributed by atoms with Crippen LogP contribution in [0.15, 0.2) is 28.8 Å². The van der Waals surface area contributed by atoms with E-state index in [1.165, 1.54) is 0 Å². The van der Waals surface area contributed by atoms with E-state index in [0.29, 0.717) is 36.7 Å². The Morgan fingerprint density at radius 3 is 2.79 bits per heavy atom. The highest BCUT2D eigenvalue weighted by Crippen LogP contribution is 2.25. The van der Waals surface area contributed by atoms with Gasteiger partial charge in [-0.1, -0.05) is 17.3 Å². The minimum Gasteiger partial charge on any atom is -0.488 e. The molecule has 9 heteroatoms. The van der Waals surface area contributed by atoms with Crippen LogP contribution in [-0.4, -0.2) is 50.3 Å². The van der Waals surface area contributed by atoms with Gasteiger partial charge in [0, 0.05) is 19.6 Å². The molecule has 0 aliphatic carbocycles. The Morgan fingerprint density at radius 2 is 2.10 bits per heavy atom. The third-order valence-corrected chi connectivity index (χ3v) is 5.80. The number of aromatic nitrogens is 1. The van der Waals surface area contributed by atoms with Gasteiger partial charge in [-0.05, 0) is 44.7 Å². The standard InChI is InChI=1S/C20H27N3O5S/c1-14-18(15(2)28-22-14)13-27-19-9-5-4-8-17(19)20(24)23-10-6-7-16(12-23)11-21-29(3,25)26/h4-5,8-9,16,21H,6-7,10-13H2,1-3H3/t16-/m0/s1. The lowest BCUT2D eigenvalue weighted by atomic mass is 9.97. The second-order valence-electron chi connectivity index (χ2n) is 7.47. The van der Waals surface area contributed by atoms with Gasteiger partial charge in [0.2, 0.25) is 10.0 Å². The average molecular weight is 422 g/mol. The summed E-state index contributed by atoms with van der Waals surface area (Å²) in [6, 6.07) is 7.17. The highest BCUT2D eigenvalue weighted by atomic mass is 32.2. The summed E-state index contributed by atoms with van der Waals surface area (Å²) >= 11 is 0. The molecule has 158 valence electrons. The molecule has 1 atom stereocenters. The SMILES string of the molecule is Cc1noc(C)c1COc1ccccc1C(=O)N1CCC[C@@H](CNS(C)(=O)=O)C1. The van der Waals surface area contributed by atoms with Crippen LogP contribution in [0, 0.1) is 19.8 Å². The Labute approximate surface area is 171 Å². The van der Waals surface area contributed by atoms with Crippen LogP contribution in [0.1, 0.15) is 40.2 Å². The number of hydrogen-bond acceptors (Lipinski definition) is 6. The van der Waals surface area contributed by atoms with Crippen LogP contribution in [0.5, 0.6) is 5.75 Å². The highest BCUT2D eigenvalue weighted by molar-refractivity contribution is 7.88. The van der Waals surface area contributed by atoms with Crippen LogP contribution in [0.25, 0.3) is 0 Å². The van der Waals surface area contributed by atoms with Crippen molar-refractivity contribution in [2.75, 3.05) is 25.9 Å². The molecule has 0 bridgehead atoms. The van der Waals surface area contributed by atoms with Gasteiger partial charge in [0.05, 0.1) is 23.1 Å². The van der Waals surface area contributed by atoms with Gasteiger partial charge in [0.15, 0.2) is 0 Å². The molecular formula is C20H27N3O5S. The van der Waals surface area contributed by atoms with Gasteiger partial charge in [-0.15, -0.1) is 0 Å². The van der Waals surface area contributed by atoms with Crippen molar-refractivity contribution < 1.29 is 22.5 Å². The number of sulfonamides is 1. The number of ether oxygens (including phenoxy) is 1. The van der Waals surface area contributed by atoms with E-state index in [0.717, 1.165) is 30.4 Å². The van der Waals surface area contributed by atoms with E-state index in [2.05, 4.69) is 9.88 Å². The Kier molecular flexibility index (Phi) is 6.59. The summed E-state index contributed by atoms with van der Waals surface area (Å²) in [5.41, 5.74) is 2.14. The van der Waals surface area contributed by atoms with Crippen LogP contribution < -0.4 is 9.46 Å². The summed E-state index contributed by atoms with van der Waals surface area (Å²) < 4.78 is 36.3. The predicted octanol–water partition coefficient (Wildman–Crippen LogP) is 2.27. The number of rotatable bonds is 7. The maximum atomic E-state index is 13.1. The van der Waals surface area contributed by atoms with Crippen molar-refractivity contribution >= 4 is 15.9 Å². The first kappa shape index (κ1) is 21.3. The Balaban J connectivity index is 1.69. The molecule has 1 fully saturated rings. The molecule has 1 aliphatic heterocycles. The van der Waals surface area contributed by atoms with Crippen LogP contribution in [0.3, 0.4) is 0 Å². The third kappa shape index (κ3) is 5.57. The number of nitrogens with zero attached hydrogens (tertiary/aromatic N) is 2. The van der Waals surface area contributed by atoms with E-state index >= 15 is 0 Å². The second-order valence-corrected chi connectivity index (χ2v) is 9.30. The van der Waals surface area contributed by atoms with E-state index in [1.807, 2.05) is 26.0 Å². The van der Waals surface area contributed by atoms with Gasteiger partial charge in [0.25, 0.3) is 5.91 Å². The fraction of sp³-hybridized carbons (Fsp3) is 0.500. The number of hydrogen-bond donors (Lipinski definition) is 1. The molecule has 8 nitrogen and oxygen atoms in total. The van der Waals surface area contributed by atoms with Gasteiger partial charge in [0.1, 0.15) is 18.1 Å². The van der Waals surface area contributed by atoms with Crippen LogP contribution >= 0.6 is 0 Å². The molecule has 29 heavy (non-hydrogen) atoms. The zero-order valence-electron chi connectivity index (χ0n) is 17.0. The van der Waals surface area contributed by atoms with E-state index in [9.17, 15) is 13.2 Å². The minimum atomic E-state index is -3.24. The molecule has 1 aromatic carbocycles. The number of benzene rings is 1. The number of nitrogens with one attached hydrogen (secondary N) is 1. The van der Waals surface area contributed by atoms with Crippen molar-refractivity contribution in [3.8, 4) is 5.75 Å². The van der Waals surface area contributed by atoms with Crippen molar-refractivity contribution in [3.05, 3.63) is 46.8 Å². The van der Waals surface area contributed by atoms with E-state index in [-0.39, 0.29) is 18.4 Å². The van der Waals surface area contributed by atoms with Gasteiger partial charge < -0.3 is 14.2 Å². The fourth-order valence-corrected chi connectivity index (χ4v) is 4.02. The van der Waals surface area contributed by atoms with Gasteiger partial charge in [-0.3, -0.25) is 4.79 Å². The molecule has 1 amide bonds. The number of piperidine rings is 1. The first-order valence-electron chi connectivity index (χ1n) is 9.62. The molecule has 2 aromatic rings. The van der Waals surface area contributed by atoms with Crippen molar-refractivity contribution in [2.24, 2.45) is 5.92 Å². The van der Waals surface area contributed by atoms with Crippen molar-refractivity contribution in [2.45, 2.75) is 33.3 Å². The first-order valence-corrected chi connectivity index (χ1v) is 11.5. The largest absolute Gasteiger partial charge is 0.488 e. The van der Waals surface area contributed by atoms with Crippen LogP contribution in [0.2, 0.25) is 0 Å². The minimum absolute atomic E-state index is 0.0952. The monoisotopic (exact) mass is 421 g/mol. The quantitative estimate of drug-likeness (QED) is 0.736. The van der Waals surface area contributed by atoms with Gasteiger partial charge >= 0.3 is 0 Å². The molecule has 0 unspecified atom stereocenters. The summed E-state index contributed by atoms with van der Waals surface area (Å²) in [5.74, 6) is 1.19. The van der Waals surface area contributed by atoms with E-state index in [4.69, 9.17) is 9.26 Å². The molecule has 0 spiro atoms. The molecule has 0 saturated carbocycles. The molecule has 1 aliphatic rings. The Bertz CT molecular complexity index is 951. The summed E-state index contributed by atoms with van der Waals surface area (Å²) in [7, 11) is -3.24. The fourth-order valence-electron chi connectivity index (χ4n) is 3.48. The lowest BCUT2D eigenvalue weighted by molar-refractivity contribution is 0.0671. The number of para-hydroxylation sites is 1. The number of aryl methyl sites for hydroxylation is 2. The molecule has 1 aromatic heterocycles. The molecule has 1 N–H and O–H groups in total. The molecule has 3 rings (SSSR count). The maximum Gasteiger partial charge on any atom is 0.257 e. The van der Waals surface area contributed by atoms with Gasteiger partial charge in [-0.2, -0.15) is 0 Å². The smallest absolute Gasteiger partial charge is 0.257 e. The molecule has 2 heterocycles. The van der Waals surface area contributed by atoms with Crippen LogP contribution in [-0.2, 0) is 16.6 Å². The number of carbonyl (C=O) groups excluding carboxylic acids is 1. The lowest BCUT2D eigenvalue weighted by Gasteiger charge is -2.33. The predicted molar refractivity (Wildman–Crippen MR) is 108 cm³/mol. The molecular weight excluding hydrogens is 394 g/mol. The summed E-state index contributed by atoms with van der Waals surface area (Å²) in [6.07, 6.45) is 2.87. The third-order valence-electron chi connectivity index (χ3n) is 5.11. The first-order chi connectivity index (χ1) is 13.7. The number of carbonyl (C=O) groups is 1. The maximum absolute atomic E-state index is 13.1. The zero-order chi connectivity index (χ0) is 21.0. The van der Waals surface area contributed by atoms with E-state index < -0.39 is 10.0 Å². The van der Waals surface area contributed by atoms with E-state index in [1.54, 1.807) is 17.0 Å². The zero-order valence-corrected chi connectivity index (χ0v) is 17.8. The average Bonchev–Trinajstić information content (AvgIpc) is 3.02. The van der Waals surface area contributed by atoms with Crippen LogP contribution in [0.4, 0.5) is 0 Å². The lowest BCUT2D eigenvalue weighted by Crippen LogP contribution is -2.43. The van der Waals surface area contributed by atoms with Crippen molar-refractivity contribution in [1.29, 1.82) is 0 Å². The second kappa shape index (κ2) is 8.96. The Hall–Kier alpha value is -2.39. The Morgan fingerprint density at radius 1 is 1.34 bits per heavy atom. The molecule has 1 saturated heterocycles. The summed E-state index contributed by atoms with van der Waals surface area (Å²) in [6.45, 7) is 5.45. The topological polar surface area (TPSA) is 102 Å². The number of likely N-dealkylation sites (tertiary alicyclic amines) is 1. The number of amides is 1. The normalized spacial score (nSPS) is 17.3.